The number of hydrazine groups is 1. The van der Waals surface area contributed by atoms with Crippen LogP contribution in [-0.2, 0) is 9.53 Å². The first-order valence-electron chi connectivity index (χ1n) is 6.33. The Morgan fingerprint density at radius 2 is 2.25 bits per heavy atom. The van der Waals surface area contributed by atoms with Crippen molar-refractivity contribution in [1.82, 2.24) is 5.43 Å². The number of nitrogens with one attached hydrogen (secondary N) is 1. The van der Waals surface area contributed by atoms with Crippen molar-refractivity contribution in [3.8, 4) is 0 Å². The minimum absolute atomic E-state index is 0.0914. The maximum atomic E-state index is 10.8. The van der Waals surface area contributed by atoms with Gasteiger partial charge in [0.25, 0.3) is 0 Å². The highest BCUT2D eigenvalue weighted by Gasteiger charge is 2.18. The highest BCUT2D eigenvalue weighted by molar-refractivity contribution is 5.74. The van der Waals surface area contributed by atoms with E-state index in [1.165, 1.54) is 25.7 Å². The molecular formula is C12H24N2O2. The fraction of sp³-hybridized carbons (Fsp3) is 0.917. The summed E-state index contributed by atoms with van der Waals surface area (Å²) in [5.41, 5.74) is 2.13. The molecule has 1 saturated carbocycles. The highest BCUT2D eigenvalue weighted by Crippen LogP contribution is 2.25. The van der Waals surface area contributed by atoms with Crippen LogP contribution in [0.25, 0.3) is 0 Å². The van der Waals surface area contributed by atoms with Crippen LogP contribution in [0.2, 0.25) is 0 Å². The lowest BCUT2D eigenvalue weighted by Gasteiger charge is -2.26. The van der Waals surface area contributed by atoms with Crippen molar-refractivity contribution in [2.75, 3.05) is 6.61 Å². The van der Waals surface area contributed by atoms with Gasteiger partial charge in [-0.15, -0.1) is 0 Å². The van der Waals surface area contributed by atoms with Crippen molar-refractivity contribution in [2.45, 2.75) is 58.0 Å². The van der Waals surface area contributed by atoms with Crippen LogP contribution >= 0.6 is 0 Å². The molecule has 16 heavy (non-hydrogen) atoms. The van der Waals surface area contributed by atoms with Crippen LogP contribution in [0.4, 0.5) is 0 Å². The van der Waals surface area contributed by atoms with Gasteiger partial charge in [-0.2, -0.15) is 0 Å². The molecule has 1 aliphatic rings. The van der Waals surface area contributed by atoms with Gasteiger partial charge in [0.1, 0.15) is 0 Å². The van der Waals surface area contributed by atoms with E-state index in [9.17, 15) is 4.79 Å². The van der Waals surface area contributed by atoms with Gasteiger partial charge < -0.3 is 4.74 Å². The summed E-state index contributed by atoms with van der Waals surface area (Å²) in [6.45, 7) is 3.07. The molecule has 0 spiro atoms. The number of carbonyl (C=O) groups is 1. The molecule has 1 aliphatic carbocycles. The summed E-state index contributed by atoms with van der Waals surface area (Å²) in [6.07, 6.45) is 7.78. The molecule has 0 aromatic rings. The first-order chi connectivity index (χ1) is 7.72. The molecule has 3 N–H and O–H groups in total. The predicted molar refractivity (Wildman–Crippen MR) is 63.6 cm³/mol. The second kappa shape index (κ2) is 7.63. The molecule has 2 unspecified atom stereocenters. The molecule has 0 heterocycles. The topological polar surface area (TPSA) is 64.3 Å². The van der Waals surface area contributed by atoms with Crippen molar-refractivity contribution < 1.29 is 9.53 Å². The second-order valence-corrected chi connectivity index (χ2v) is 4.79. The molecule has 0 bridgehead atoms. The Morgan fingerprint density at radius 1 is 1.44 bits per heavy atom. The molecule has 0 aliphatic heterocycles. The van der Waals surface area contributed by atoms with Crippen LogP contribution in [0.1, 0.15) is 51.9 Å². The van der Waals surface area contributed by atoms with E-state index in [1.54, 1.807) is 0 Å². The first kappa shape index (κ1) is 13.5. The summed E-state index contributed by atoms with van der Waals surface area (Å²) in [6, 6.07) is 0. The fourth-order valence-electron chi connectivity index (χ4n) is 2.24. The standard InChI is InChI=1S/C12H24N2O2/c1-10-5-4-6-11(9-10)16-8-3-2-7-12(15)14-13/h10-11H,2-9,13H2,1H3,(H,14,15). The van der Waals surface area contributed by atoms with Gasteiger partial charge in [0.15, 0.2) is 0 Å². The smallest absolute Gasteiger partial charge is 0.233 e. The van der Waals surface area contributed by atoms with E-state index in [0.717, 1.165) is 25.4 Å². The van der Waals surface area contributed by atoms with Crippen molar-refractivity contribution in [3.63, 3.8) is 0 Å². The third-order valence-corrected chi connectivity index (χ3v) is 3.20. The Balaban J connectivity index is 1.96. The van der Waals surface area contributed by atoms with Crippen molar-refractivity contribution in [2.24, 2.45) is 11.8 Å². The zero-order chi connectivity index (χ0) is 11.8. The van der Waals surface area contributed by atoms with Gasteiger partial charge in [0, 0.05) is 13.0 Å². The Morgan fingerprint density at radius 3 is 2.94 bits per heavy atom. The van der Waals surface area contributed by atoms with Crippen LogP contribution in [0.15, 0.2) is 0 Å². The van der Waals surface area contributed by atoms with E-state index >= 15 is 0 Å². The van der Waals surface area contributed by atoms with Crippen LogP contribution in [0.3, 0.4) is 0 Å². The molecule has 1 rings (SSSR count). The van der Waals surface area contributed by atoms with Gasteiger partial charge in [-0.05, 0) is 31.6 Å². The minimum atomic E-state index is -0.0914. The third-order valence-electron chi connectivity index (χ3n) is 3.20. The van der Waals surface area contributed by atoms with E-state index in [4.69, 9.17) is 10.6 Å². The maximum Gasteiger partial charge on any atom is 0.233 e. The number of amides is 1. The Bertz CT molecular complexity index is 209. The van der Waals surface area contributed by atoms with E-state index in [2.05, 4.69) is 12.3 Å². The molecule has 4 nitrogen and oxygen atoms in total. The quantitative estimate of drug-likeness (QED) is 0.315. The predicted octanol–water partition coefficient (Wildman–Crippen LogP) is 1.74. The van der Waals surface area contributed by atoms with E-state index in [1.807, 2.05) is 0 Å². The molecule has 1 fully saturated rings. The van der Waals surface area contributed by atoms with Gasteiger partial charge in [0.05, 0.1) is 6.10 Å². The lowest BCUT2D eigenvalue weighted by Crippen LogP contribution is -2.29. The number of rotatable bonds is 6. The van der Waals surface area contributed by atoms with Crippen LogP contribution in [0.5, 0.6) is 0 Å². The Hall–Kier alpha value is -0.610. The molecule has 0 aromatic heterocycles. The Labute approximate surface area is 97.9 Å². The van der Waals surface area contributed by atoms with E-state index in [0.29, 0.717) is 12.5 Å². The van der Waals surface area contributed by atoms with Gasteiger partial charge >= 0.3 is 0 Å². The third kappa shape index (κ3) is 5.47. The maximum absolute atomic E-state index is 10.8. The molecule has 94 valence electrons. The summed E-state index contributed by atoms with van der Waals surface area (Å²) in [5, 5.41) is 0. The molecule has 2 atom stereocenters. The number of carbonyl (C=O) groups excluding carboxylic acids is 1. The monoisotopic (exact) mass is 228 g/mol. The van der Waals surface area contributed by atoms with Crippen LogP contribution in [0, 0.1) is 5.92 Å². The SMILES string of the molecule is CC1CCCC(OCCCCC(=O)NN)C1. The molecular weight excluding hydrogens is 204 g/mol. The highest BCUT2D eigenvalue weighted by atomic mass is 16.5. The number of hydrogen-bond donors (Lipinski definition) is 2. The summed E-state index contributed by atoms with van der Waals surface area (Å²) < 4.78 is 5.81. The molecule has 1 amide bonds. The average Bonchev–Trinajstić information content (AvgIpc) is 2.28. The Kier molecular flexibility index (Phi) is 6.42. The summed E-state index contributed by atoms with van der Waals surface area (Å²) in [4.78, 5) is 10.8. The normalized spacial score (nSPS) is 25.4. The first-order valence-corrected chi connectivity index (χ1v) is 6.33. The number of nitrogens with two attached hydrogens (primary N) is 1. The second-order valence-electron chi connectivity index (χ2n) is 4.79. The molecule has 4 heteroatoms. The number of ether oxygens (including phenoxy) is 1. The zero-order valence-electron chi connectivity index (χ0n) is 10.2. The average molecular weight is 228 g/mol. The zero-order valence-corrected chi connectivity index (χ0v) is 10.2. The fourth-order valence-corrected chi connectivity index (χ4v) is 2.24. The van der Waals surface area contributed by atoms with Gasteiger partial charge in [-0.3, -0.25) is 10.2 Å². The van der Waals surface area contributed by atoms with Gasteiger partial charge in [-0.1, -0.05) is 19.8 Å². The van der Waals surface area contributed by atoms with Gasteiger partial charge in [0.2, 0.25) is 5.91 Å². The van der Waals surface area contributed by atoms with Crippen LogP contribution < -0.4 is 11.3 Å². The molecule has 0 aromatic carbocycles. The molecule has 0 radical (unpaired) electrons. The van der Waals surface area contributed by atoms with Crippen molar-refractivity contribution in [3.05, 3.63) is 0 Å². The minimum Gasteiger partial charge on any atom is -0.378 e. The van der Waals surface area contributed by atoms with Crippen molar-refractivity contribution >= 4 is 5.91 Å². The van der Waals surface area contributed by atoms with Crippen molar-refractivity contribution in [1.29, 1.82) is 0 Å². The number of hydrogen-bond acceptors (Lipinski definition) is 3. The van der Waals surface area contributed by atoms with Crippen LogP contribution in [-0.4, -0.2) is 18.6 Å². The lowest BCUT2D eigenvalue weighted by molar-refractivity contribution is -0.121. The van der Waals surface area contributed by atoms with Gasteiger partial charge in [-0.25, -0.2) is 5.84 Å². The van der Waals surface area contributed by atoms with E-state index in [-0.39, 0.29) is 5.91 Å². The summed E-state index contributed by atoms with van der Waals surface area (Å²) in [7, 11) is 0. The van der Waals surface area contributed by atoms with E-state index < -0.39 is 0 Å². The largest absolute Gasteiger partial charge is 0.378 e. The summed E-state index contributed by atoms with van der Waals surface area (Å²) >= 11 is 0. The number of unbranched alkanes of at least 4 members (excludes halogenated alkanes) is 1. The summed E-state index contributed by atoms with van der Waals surface area (Å²) in [5.74, 6) is 5.70. The molecule has 0 saturated heterocycles. The lowest BCUT2D eigenvalue weighted by atomic mass is 9.89.